The molecule has 0 bridgehead atoms. The third kappa shape index (κ3) is 4.34. The van der Waals surface area contributed by atoms with Gasteiger partial charge in [-0.15, -0.1) is 0 Å². The van der Waals surface area contributed by atoms with Gasteiger partial charge < -0.3 is 15.0 Å². The van der Waals surface area contributed by atoms with Crippen LogP contribution in [0.1, 0.15) is 29.8 Å². The minimum absolute atomic E-state index is 0.283. The molecular weight excluding hydrogens is 515 g/mol. The molecule has 0 aliphatic carbocycles. The van der Waals surface area contributed by atoms with E-state index in [0.29, 0.717) is 18.3 Å². The van der Waals surface area contributed by atoms with Crippen molar-refractivity contribution in [1.29, 1.82) is 0 Å². The maximum absolute atomic E-state index is 14.1. The highest BCUT2D eigenvalue weighted by molar-refractivity contribution is 6.51. The van der Waals surface area contributed by atoms with Crippen LogP contribution in [0.25, 0.3) is 5.69 Å². The number of hydrogen-bond acceptors (Lipinski definition) is 6. The van der Waals surface area contributed by atoms with Crippen molar-refractivity contribution in [1.82, 2.24) is 9.78 Å². The molecular formula is C33H27FN6O. The van der Waals surface area contributed by atoms with Crippen LogP contribution in [0, 0.1) is 12.7 Å². The van der Waals surface area contributed by atoms with Gasteiger partial charge in [0.1, 0.15) is 11.6 Å². The minimum atomic E-state index is -0.315. The highest BCUT2D eigenvalue weighted by Crippen LogP contribution is 2.48. The predicted octanol–water partition coefficient (Wildman–Crippen LogP) is 7.51. The van der Waals surface area contributed by atoms with Crippen LogP contribution in [0.2, 0.25) is 0 Å². The number of aryl methyl sites for hydroxylation is 1. The number of nitrogens with one attached hydrogen (secondary N) is 1. The summed E-state index contributed by atoms with van der Waals surface area (Å²) in [6, 6.07) is 32.1. The van der Waals surface area contributed by atoms with Crippen LogP contribution < -0.4 is 15.0 Å². The van der Waals surface area contributed by atoms with E-state index >= 15 is 0 Å². The molecule has 0 saturated heterocycles. The van der Waals surface area contributed by atoms with E-state index in [4.69, 9.17) is 19.8 Å². The van der Waals surface area contributed by atoms with Gasteiger partial charge >= 0.3 is 0 Å². The number of halogens is 1. The molecule has 0 radical (unpaired) electrons. The number of benzene rings is 4. The zero-order valence-electron chi connectivity index (χ0n) is 22.6. The third-order valence-electron chi connectivity index (χ3n) is 7.25. The number of rotatable bonds is 5. The Morgan fingerprint density at radius 2 is 1.59 bits per heavy atom. The molecule has 7 nitrogen and oxygen atoms in total. The van der Waals surface area contributed by atoms with Crippen molar-refractivity contribution in [2.45, 2.75) is 19.9 Å². The van der Waals surface area contributed by atoms with E-state index in [-0.39, 0.29) is 11.9 Å². The molecule has 8 heteroatoms. The Labute approximate surface area is 237 Å². The fourth-order valence-corrected chi connectivity index (χ4v) is 5.45. The summed E-state index contributed by atoms with van der Waals surface area (Å²) < 4.78 is 21.6. The Morgan fingerprint density at radius 1 is 0.854 bits per heavy atom. The molecule has 41 heavy (non-hydrogen) atoms. The Hall–Kier alpha value is -5.24. The van der Waals surface area contributed by atoms with Crippen LogP contribution in [0.3, 0.4) is 0 Å². The molecule has 0 spiro atoms. The SMILES string of the molecule is CCOc1ccc(NC2=Nc3ccccc3N3C2=Nc2c(c(C)nn2-c2ccccc2)C3c2ccc(F)cc2)cc1. The summed E-state index contributed by atoms with van der Waals surface area (Å²) in [4.78, 5) is 12.4. The monoisotopic (exact) mass is 542 g/mol. The largest absolute Gasteiger partial charge is 0.494 e. The van der Waals surface area contributed by atoms with Crippen LogP contribution in [0.5, 0.6) is 5.75 Å². The molecule has 3 heterocycles. The zero-order valence-corrected chi connectivity index (χ0v) is 22.6. The molecule has 202 valence electrons. The molecule has 1 atom stereocenters. The zero-order chi connectivity index (χ0) is 27.9. The molecule has 0 amide bonds. The van der Waals surface area contributed by atoms with Gasteiger partial charge in [-0.1, -0.05) is 42.5 Å². The molecule has 0 fully saturated rings. The van der Waals surface area contributed by atoms with E-state index < -0.39 is 0 Å². The summed E-state index contributed by atoms with van der Waals surface area (Å²) >= 11 is 0. The highest BCUT2D eigenvalue weighted by atomic mass is 19.1. The second-order valence-corrected chi connectivity index (χ2v) is 9.86. The van der Waals surface area contributed by atoms with Crippen LogP contribution >= 0.6 is 0 Å². The molecule has 2 aliphatic heterocycles. The van der Waals surface area contributed by atoms with E-state index in [1.54, 1.807) is 0 Å². The van der Waals surface area contributed by atoms with Gasteiger partial charge in [-0.2, -0.15) is 5.10 Å². The number of para-hydroxylation sites is 3. The fourth-order valence-electron chi connectivity index (χ4n) is 5.45. The third-order valence-corrected chi connectivity index (χ3v) is 7.25. The average molecular weight is 543 g/mol. The van der Waals surface area contributed by atoms with Gasteiger partial charge in [0.25, 0.3) is 0 Å². The number of hydrogen-bond donors (Lipinski definition) is 1. The number of fused-ring (bicyclic) bond motifs is 4. The molecule has 1 aromatic heterocycles. The number of aliphatic imine (C=N–C) groups is 2. The van der Waals surface area contributed by atoms with Gasteiger partial charge in [-0.3, -0.25) is 0 Å². The van der Waals surface area contributed by atoms with Gasteiger partial charge in [-0.25, -0.2) is 19.1 Å². The molecule has 7 rings (SSSR count). The van der Waals surface area contributed by atoms with E-state index in [1.165, 1.54) is 12.1 Å². The van der Waals surface area contributed by atoms with Crippen LogP contribution in [0.4, 0.5) is 27.3 Å². The Balaban J connectivity index is 1.44. The summed E-state index contributed by atoms with van der Waals surface area (Å²) in [5.41, 5.74) is 6.21. The Bertz CT molecular complexity index is 1790. The lowest BCUT2D eigenvalue weighted by Gasteiger charge is -2.40. The van der Waals surface area contributed by atoms with E-state index in [0.717, 1.165) is 51.1 Å². The van der Waals surface area contributed by atoms with E-state index in [1.807, 2.05) is 110 Å². The number of amidine groups is 2. The number of nitrogens with zero attached hydrogens (tertiary/aromatic N) is 5. The quantitative estimate of drug-likeness (QED) is 0.250. The lowest BCUT2D eigenvalue weighted by atomic mass is 9.93. The lowest BCUT2D eigenvalue weighted by molar-refractivity contribution is 0.340. The normalized spacial score (nSPS) is 15.3. The van der Waals surface area contributed by atoms with Crippen molar-refractivity contribution < 1.29 is 9.13 Å². The van der Waals surface area contributed by atoms with Crippen LogP contribution in [0.15, 0.2) is 113 Å². The van der Waals surface area contributed by atoms with Crippen molar-refractivity contribution in [3.8, 4) is 11.4 Å². The summed E-state index contributed by atoms with van der Waals surface area (Å²) in [5.74, 6) is 2.48. The van der Waals surface area contributed by atoms with Gasteiger partial charge in [0, 0.05) is 11.3 Å². The topological polar surface area (TPSA) is 67.0 Å². The molecule has 5 aromatic rings. The summed E-state index contributed by atoms with van der Waals surface area (Å²) in [5, 5.41) is 8.44. The molecule has 2 aliphatic rings. The first kappa shape index (κ1) is 24.8. The minimum Gasteiger partial charge on any atom is -0.494 e. The van der Waals surface area contributed by atoms with Crippen molar-refractivity contribution in [3.05, 3.63) is 126 Å². The van der Waals surface area contributed by atoms with E-state index in [2.05, 4.69) is 10.2 Å². The first-order valence-electron chi connectivity index (χ1n) is 13.6. The molecule has 4 aromatic carbocycles. The predicted molar refractivity (Wildman–Crippen MR) is 161 cm³/mol. The maximum Gasteiger partial charge on any atom is 0.179 e. The van der Waals surface area contributed by atoms with Crippen molar-refractivity contribution in [2.75, 3.05) is 16.8 Å². The van der Waals surface area contributed by atoms with Gasteiger partial charge in [0.15, 0.2) is 17.5 Å². The number of anilines is 2. The van der Waals surface area contributed by atoms with Crippen molar-refractivity contribution >= 4 is 34.6 Å². The Morgan fingerprint density at radius 3 is 2.34 bits per heavy atom. The molecule has 1 N–H and O–H groups in total. The molecule has 0 saturated carbocycles. The Kier molecular flexibility index (Phi) is 6.08. The van der Waals surface area contributed by atoms with E-state index in [9.17, 15) is 4.39 Å². The van der Waals surface area contributed by atoms with Crippen molar-refractivity contribution in [2.24, 2.45) is 9.98 Å². The smallest absolute Gasteiger partial charge is 0.179 e. The first-order valence-corrected chi connectivity index (χ1v) is 13.6. The second-order valence-electron chi connectivity index (χ2n) is 9.86. The summed E-state index contributed by atoms with van der Waals surface area (Å²) in [6.07, 6.45) is 0. The van der Waals surface area contributed by atoms with Crippen LogP contribution in [-0.4, -0.2) is 28.1 Å². The van der Waals surface area contributed by atoms with Gasteiger partial charge in [-0.05, 0) is 80.1 Å². The standard InChI is InChI=1S/C33H27FN6O/c1-3-41-26-19-17-24(18-20-26)35-31-33-37-32-29(21(2)38-40(32)25-9-5-4-6-10-25)30(22-13-15-23(34)16-14-22)39(33)28-12-8-7-11-27(28)36-31/h4-20,30H,3H2,1-2H3,(H,35,36). The maximum atomic E-state index is 14.1. The summed E-state index contributed by atoms with van der Waals surface area (Å²) in [6.45, 7) is 4.56. The number of ether oxygens (including phenoxy) is 1. The van der Waals surface area contributed by atoms with Crippen molar-refractivity contribution in [3.63, 3.8) is 0 Å². The second kappa shape index (κ2) is 10.1. The first-order chi connectivity index (χ1) is 20.1. The van der Waals surface area contributed by atoms with Crippen LogP contribution in [-0.2, 0) is 0 Å². The highest BCUT2D eigenvalue weighted by Gasteiger charge is 2.41. The lowest BCUT2D eigenvalue weighted by Crippen LogP contribution is -2.46. The van der Waals surface area contributed by atoms with Gasteiger partial charge in [0.05, 0.1) is 35.4 Å². The molecule has 1 unspecified atom stereocenters. The van der Waals surface area contributed by atoms with Gasteiger partial charge in [0.2, 0.25) is 0 Å². The number of aromatic nitrogens is 2. The average Bonchev–Trinajstić information content (AvgIpc) is 3.34. The fraction of sp³-hybridized carbons (Fsp3) is 0.121. The summed E-state index contributed by atoms with van der Waals surface area (Å²) in [7, 11) is 0.